The second-order valence-electron chi connectivity index (χ2n) is 5.54. The molecule has 23 heavy (non-hydrogen) atoms. The van der Waals surface area contributed by atoms with Gasteiger partial charge in [-0.2, -0.15) is 0 Å². The molecule has 0 saturated carbocycles. The third-order valence-electron chi connectivity index (χ3n) is 3.77. The van der Waals surface area contributed by atoms with Gasteiger partial charge in [0.25, 0.3) is 5.91 Å². The highest BCUT2D eigenvalue weighted by molar-refractivity contribution is 6.33. The van der Waals surface area contributed by atoms with Crippen LogP contribution in [0.1, 0.15) is 29.6 Å². The lowest BCUT2D eigenvalue weighted by Crippen LogP contribution is -2.42. The van der Waals surface area contributed by atoms with Crippen molar-refractivity contribution in [1.82, 2.24) is 10.2 Å². The van der Waals surface area contributed by atoms with Gasteiger partial charge in [0.1, 0.15) is 5.82 Å². The molecular formula is C16H20ClFN2O3. The van der Waals surface area contributed by atoms with E-state index in [4.69, 9.17) is 16.3 Å². The normalized spacial score (nSPS) is 17.6. The number of amides is 2. The van der Waals surface area contributed by atoms with E-state index in [1.54, 1.807) is 7.05 Å². The molecule has 126 valence electrons. The second-order valence-corrected chi connectivity index (χ2v) is 5.95. The number of carbonyl (C=O) groups is 2. The molecule has 1 aromatic rings. The Labute approximate surface area is 139 Å². The van der Waals surface area contributed by atoms with Crippen molar-refractivity contribution in [2.24, 2.45) is 0 Å². The highest BCUT2D eigenvalue weighted by atomic mass is 35.5. The molecule has 1 N–H and O–H groups in total. The Morgan fingerprint density at radius 1 is 1.43 bits per heavy atom. The first-order valence-electron chi connectivity index (χ1n) is 7.57. The van der Waals surface area contributed by atoms with Crippen LogP contribution in [0.15, 0.2) is 18.2 Å². The summed E-state index contributed by atoms with van der Waals surface area (Å²) in [6.07, 6.45) is 3.10. The number of ether oxygens (including phenoxy) is 1. The first-order chi connectivity index (χ1) is 11.0. The minimum absolute atomic E-state index is 0.0129. The van der Waals surface area contributed by atoms with Gasteiger partial charge in [-0.1, -0.05) is 17.7 Å². The maximum atomic E-state index is 13.6. The van der Waals surface area contributed by atoms with Crippen molar-refractivity contribution in [3.05, 3.63) is 34.6 Å². The lowest BCUT2D eigenvalue weighted by atomic mass is 10.1. The monoisotopic (exact) mass is 342 g/mol. The molecule has 2 rings (SSSR count). The van der Waals surface area contributed by atoms with Crippen LogP contribution in [0.3, 0.4) is 0 Å². The molecule has 0 aromatic heterocycles. The average molecular weight is 343 g/mol. The first-order valence-corrected chi connectivity index (χ1v) is 7.94. The average Bonchev–Trinajstić information content (AvgIpc) is 2.53. The van der Waals surface area contributed by atoms with Crippen LogP contribution >= 0.6 is 11.6 Å². The predicted octanol–water partition coefficient (Wildman–Crippen LogP) is 2.24. The minimum atomic E-state index is -0.716. The van der Waals surface area contributed by atoms with Crippen LogP contribution in [0.25, 0.3) is 0 Å². The van der Waals surface area contributed by atoms with E-state index in [9.17, 15) is 14.0 Å². The maximum Gasteiger partial charge on any atom is 0.256 e. The molecule has 0 radical (unpaired) electrons. The highest BCUT2D eigenvalue weighted by Crippen LogP contribution is 2.18. The van der Waals surface area contributed by atoms with Gasteiger partial charge >= 0.3 is 0 Å². The van der Waals surface area contributed by atoms with Crippen molar-refractivity contribution in [2.75, 3.05) is 26.7 Å². The molecule has 0 spiro atoms. The Balaban J connectivity index is 1.84. The number of benzene rings is 1. The van der Waals surface area contributed by atoms with E-state index in [1.165, 1.54) is 17.0 Å². The Morgan fingerprint density at radius 3 is 2.87 bits per heavy atom. The van der Waals surface area contributed by atoms with Crippen LogP contribution in [0.5, 0.6) is 0 Å². The topological polar surface area (TPSA) is 58.6 Å². The van der Waals surface area contributed by atoms with Crippen LogP contribution < -0.4 is 5.32 Å². The Kier molecular flexibility index (Phi) is 6.36. The van der Waals surface area contributed by atoms with Gasteiger partial charge in [0, 0.05) is 20.2 Å². The number of nitrogens with one attached hydrogen (secondary N) is 1. The Hall–Kier alpha value is -1.66. The highest BCUT2D eigenvalue weighted by Gasteiger charge is 2.20. The van der Waals surface area contributed by atoms with Gasteiger partial charge in [-0.05, 0) is 31.4 Å². The van der Waals surface area contributed by atoms with E-state index in [-0.39, 0.29) is 29.1 Å². The van der Waals surface area contributed by atoms with E-state index in [1.807, 2.05) is 0 Å². The molecule has 1 heterocycles. The van der Waals surface area contributed by atoms with Crippen molar-refractivity contribution in [2.45, 2.75) is 25.4 Å². The number of hydrogen-bond acceptors (Lipinski definition) is 3. The largest absolute Gasteiger partial charge is 0.376 e. The molecule has 1 saturated heterocycles. The quantitative estimate of drug-likeness (QED) is 0.892. The van der Waals surface area contributed by atoms with Gasteiger partial charge in [-0.15, -0.1) is 0 Å². The molecule has 1 fully saturated rings. The molecular weight excluding hydrogens is 323 g/mol. The fourth-order valence-electron chi connectivity index (χ4n) is 2.45. The number of nitrogens with zero attached hydrogens (tertiary/aromatic N) is 1. The fourth-order valence-corrected chi connectivity index (χ4v) is 2.70. The molecule has 2 amide bonds. The molecule has 1 atom stereocenters. The molecule has 7 heteroatoms. The van der Waals surface area contributed by atoms with E-state index in [0.717, 1.165) is 31.9 Å². The summed E-state index contributed by atoms with van der Waals surface area (Å²) in [6.45, 7) is 0.983. The summed E-state index contributed by atoms with van der Waals surface area (Å²) in [5, 5.41) is 2.42. The minimum Gasteiger partial charge on any atom is -0.376 e. The molecule has 1 aliphatic rings. The summed E-state index contributed by atoms with van der Waals surface area (Å²) in [5.74, 6) is -1.69. The third-order valence-corrected chi connectivity index (χ3v) is 4.08. The first kappa shape index (κ1) is 17.7. The van der Waals surface area contributed by atoms with E-state index in [2.05, 4.69) is 5.32 Å². The van der Waals surface area contributed by atoms with E-state index in [0.29, 0.717) is 6.54 Å². The molecule has 0 bridgehead atoms. The number of hydrogen-bond donors (Lipinski definition) is 1. The van der Waals surface area contributed by atoms with Crippen molar-refractivity contribution in [3.63, 3.8) is 0 Å². The van der Waals surface area contributed by atoms with Crippen molar-refractivity contribution >= 4 is 23.4 Å². The van der Waals surface area contributed by atoms with Crippen LogP contribution in [-0.4, -0.2) is 49.6 Å². The number of rotatable bonds is 5. The van der Waals surface area contributed by atoms with Gasteiger partial charge in [0.2, 0.25) is 5.91 Å². The molecule has 1 aliphatic heterocycles. The molecule has 5 nitrogen and oxygen atoms in total. The molecule has 0 unspecified atom stereocenters. The lowest BCUT2D eigenvalue weighted by Gasteiger charge is -2.27. The van der Waals surface area contributed by atoms with Crippen molar-refractivity contribution < 1.29 is 18.7 Å². The lowest BCUT2D eigenvalue weighted by molar-refractivity contribution is -0.131. The Morgan fingerprint density at radius 2 is 2.22 bits per heavy atom. The van der Waals surface area contributed by atoms with Crippen LogP contribution in [0.4, 0.5) is 4.39 Å². The Bertz CT molecular complexity index is 556. The van der Waals surface area contributed by atoms with E-state index < -0.39 is 11.7 Å². The third kappa shape index (κ3) is 4.91. The smallest absolute Gasteiger partial charge is 0.256 e. The summed E-state index contributed by atoms with van der Waals surface area (Å²) >= 11 is 5.82. The van der Waals surface area contributed by atoms with Gasteiger partial charge in [0.05, 0.1) is 23.2 Å². The van der Waals surface area contributed by atoms with Crippen molar-refractivity contribution in [3.8, 4) is 0 Å². The van der Waals surface area contributed by atoms with Crippen LogP contribution in [-0.2, 0) is 9.53 Å². The SMILES string of the molecule is CN(C[C@H]1CCCCO1)C(=O)CNC(=O)c1c(F)cccc1Cl. The molecule has 0 aliphatic carbocycles. The predicted molar refractivity (Wildman–Crippen MR) is 85.0 cm³/mol. The summed E-state index contributed by atoms with van der Waals surface area (Å²) in [5.41, 5.74) is -0.250. The standard InChI is InChI=1S/C16H20ClFN2O3/c1-20(10-11-5-2-3-8-23-11)14(21)9-19-16(22)15-12(17)6-4-7-13(15)18/h4,6-7,11H,2-3,5,8-10H2,1H3,(H,19,22)/t11-/m1/s1. The van der Waals surface area contributed by atoms with Gasteiger partial charge in [-0.3, -0.25) is 9.59 Å². The van der Waals surface area contributed by atoms with Crippen molar-refractivity contribution in [1.29, 1.82) is 0 Å². The second kappa shape index (κ2) is 8.26. The van der Waals surface area contributed by atoms with Gasteiger partial charge in [-0.25, -0.2) is 4.39 Å². The van der Waals surface area contributed by atoms with Gasteiger partial charge < -0.3 is 15.0 Å². The van der Waals surface area contributed by atoms with Gasteiger partial charge in [0.15, 0.2) is 0 Å². The fraction of sp³-hybridized carbons (Fsp3) is 0.500. The number of carbonyl (C=O) groups excluding carboxylic acids is 2. The summed E-state index contributed by atoms with van der Waals surface area (Å²) < 4.78 is 19.2. The van der Waals surface area contributed by atoms with Crippen LogP contribution in [0.2, 0.25) is 5.02 Å². The summed E-state index contributed by atoms with van der Waals surface area (Å²) in [4.78, 5) is 25.5. The van der Waals surface area contributed by atoms with Crippen LogP contribution in [0, 0.1) is 5.82 Å². The zero-order valence-corrected chi connectivity index (χ0v) is 13.7. The zero-order chi connectivity index (χ0) is 16.8. The molecule has 1 aromatic carbocycles. The van der Waals surface area contributed by atoms with E-state index >= 15 is 0 Å². The number of halogens is 2. The maximum absolute atomic E-state index is 13.6. The summed E-state index contributed by atoms with van der Waals surface area (Å²) in [7, 11) is 1.66. The number of likely N-dealkylation sites (N-methyl/N-ethyl adjacent to an activating group) is 1. The summed E-state index contributed by atoms with van der Waals surface area (Å²) in [6, 6.07) is 3.99. The zero-order valence-electron chi connectivity index (χ0n) is 13.0.